The van der Waals surface area contributed by atoms with Gasteiger partial charge in [-0.05, 0) is 25.7 Å². The van der Waals surface area contributed by atoms with E-state index in [1.54, 1.807) is 0 Å². The van der Waals surface area contributed by atoms with E-state index in [-0.39, 0.29) is 5.94 Å². The zero-order valence-electron chi connectivity index (χ0n) is 9.14. The van der Waals surface area contributed by atoms with Gasteiger partial charge in [-0.25, -0.2) is 0 Å². The molecule has 1 aliphatic rings. The Labute approximate surface area is 83.5 Å². The highest BCUT2D eigenvalue weighted by atomic mass is 15.2. The molecule has 0 aliphatic carbocycles. The fraction of sp³-hybridized carbons (Fsp3) is 1.00. The van der Waals surface area contributed by atoms with Crippen molar-refractivity contribution < 1.29 is 0 Å². The van der Waals surface area contributed by atoms with E-state index in [0.29, 0.717) is 5.54 Å². The standard InChI is InChI=1S/C10H21BN2/c1-4-10(3,5-2)13-7-6-12-9(11)8-13/h9,12H,4-8H2,1-3H3. The first-order chi connectivity index (χ1) is 6.12. The van der Waals surface area contributed by atoms with E-state index >= 15 is 0 Å². The second-order valence-corrected chi connectivity index (χ2v) is 4.21. The molecule has 0 amide bonds. The Bertz CT molecular complexity index is 157. The molecule has 2 nitrogen and oxygen atoms in total. The highest BCUT2D eigenvalue weighted by Gasteiger charge is 2.30. The lowest BCUT2D eigenvalue weighted by atomic mass is 9.87. The van der Waals surface area contributed by atoms with E-state index in [1.165, 1.54) is 12.8 Å². The van der Waals surface area contributed by atoms with Crippen LogP contribution >= 0.6 is 0 Å². The summed E-state index contributed by atoms with van der Waals surface area (Å²) in [6.45, 7) is 10.00. The van der Waals surface area contributed by atoms with Crippen LogP contribution < -0.4 is 5.32 Å². The van der Waals surface area contributed by atoms with Crippen LogP contribution in [0.1, 0.15) is 33.6 Å². The highest BCUT2D eigenvalue weighted by molar-refractivity contribution is 6.11. The van der Waals surface area contributed by atoms with Crippen LogP contribution in [0.5, 0.6) is 0 Å². The van der Waals surface area contributed by atoms with Crippen molar-refractivity contribution in [3.8, 4) is 0 Å². The maximum Gasteiger partial charge on any atom is 0.0924 e. The second-order valence-electron chi connectivity index (χ2n) is 4.21. The van der Waals surface area contributed by atoms with Crippen molar-refractivity contribution in [2.45, 2.75) is 45.1 Å². The molecule has 1 aliphatic heterocycles. The van der Waals surface area contributed by atoms with Crippen LogP contribution in [0.3, 0.4) is 0 Å². The molecule has 1 rings (SSSR count). The Balaban J connectivity index is 2.57. The summed E-state index contributed by atoms with van der Waals surface area (Å²) >= 11 is 0. The van der Waals surface area contributed by atoms with Gasteiger partial charge in [0.15, 0.2) is 0 Å². The van der Waals surface area contributed by atoms with E-state index in [1.807, 2.05) is 0 Å². The van der Waals surface area contributed by atoms with E-state index in [2.05, 4.69) is 31.0 Å². The van der Waals surface area contributed by atoms with Crippen LogP contribution in [-0.2, 0) is 0 Å². The Morgan fingerprint density at radius 1 is 1.46 bits per heavy atom. The van der Waals surface area contributed by atoms with Crippen LogP contribution in [0.15, 0.2) is 0 Å². The van der Waals surface area contributed by atoms with Gasteiger partial charge in [0.05, 0.1) is 7.85 Å². The van der Waals surface area contributed by atoms with Gasteiger partial charge in [0, 0.05) is 25.2 Å². The summed E-state index contributed by atoms with van der Waals surface area (Å²) in [5, 5.41) is 3.27. The molecule has 13 heavy (non-hydrogen) atoms. The third-order valence-corrected chi connectivity index (χ3v) is 3.49. The normalized spacial score (nSPS) is 26.2. The third-order valence-electron chi connectivity index (χ3n) is 3.49. The predicted octanol–water partition coefficient (Wildman–Crippen LogP) is 0.965. The molecule has 1 atom stereocenters. The number of hydrogen-bond donors (Lipinski definition) is 1. The first-order valence-electron chi connectivity index (χ1n) is 5.36. The molecular formula is C10H21BN2. The molecule has 3 heteroatoms. The van der Waals surface area contributed by atoms with E-state index in [4.69, 9.17) is 7.85 Å². The monoisotopic (exact) mass is 180 g/mol. The molecule has 1 heterocycles. The number of nitrogens with zero attached hydrogens (tertiary/aromatic N) is 1. The number of rotatable bonds is 3. The van der Waals surface area contributed by atoms with Gasteiger partial charge in [-0.15, -0.1) is 0 Å². The molecule has 1 N–H and O–H groups in total. The van der Waals surface area contributed by atoms with Gasteiger partial charge in [-0.1, -0.05) is 13.8 Å². The zero-order chi connectivity index (χ0) is 9.90. The van der Waals surface area contributed by atoms with Crippen LogP contribution in [0.2, 0.25) is 0 Å². The van der Waals surface area contributed by atoms with Crippen molar-refractivity contribution >= 4 is 7.85 Å². The summed E-state index contributed by atoms with van der Waals surface area (Å²) in [6, 6.07) is 0. The molecule has 0 bridgehead atoms. The van der Waals surface area contributed by atoms with Gasteiger partial charge in [-0.3, -0.25) is 4.90 Å². The number of piperazine rings is 1. The van der Waals surface area contributed by atoms with Crippen LogP contribution in [-0.4, -0.2) is 43.9 Å². The Morgan fingerprint density at radius 3 is 2.54 bits per heavy atom. The van der Waals surface area contributed by atoms with Crippen molar-refractivity contribution in [2.75, 3.05) is 19.6 Å². The van der Waals surface area contributed by atoms with Gasteiger partial charge < -0.3 is 5.32 Å². The zero-order valence-corrected chi connectivity index (χ0v) is 9.14. The molecule has 2 radical (unpaired) electrons. The van der Waals surface area contributed by atoms with Crippen LogP contribution in [0.25, 0.3) is 0 Å². The second kappa shape index (κ2) is 4.47. The van der Waals surface area contributed by atoms with Crippen molar-refractivity contribution in [1.82, 2.24) is 10.2 Å². The summed E-state index contributed by atoms with van der Waals surface area (Å²) in [7, 11) is 5.88. The first-order valence-corrected chi connectivity index (χ1v) is 5.36. The lowest BCUT2D eigenvalue weighted by Crippen LogP contribution is -2.58. The van der Waals surface area contributed by atoms with Crippen LogP contribution in [0, 0.1) is 0 Å². The number of nitrogens with one attached hydrogen (secondary N) is 1. The first kappa shape index (κ1) is 11.1. The van der Waals surface area contributed by atoms with E-state index in [9.17, 15) is 0 Å². The summed E-state index contributed by atoms with van der Waals surface area (Å²) in [5.74, 6) is 0.158. The number of hydrogen-bond acceptors (Lipinski definition) is 2. The minimum absolute atomic E-state index is 0.158. The van der Waals surface area contributed by atoms with Gasteiger partial charge in [0.2, 0.25) is 0 Å². The third kappa shape index (κ3) is 2.47. The van der Waals surface area contributed by atoms with Crippen molar-refractivity contribution in [3.63, 3.8) is 0 Å². The summed E-state index contributed by atoms with van der Waals surface area (Å²) < 4.78 is 0. The highest BCUT2D eigenvalue weighted by Crippen LogP contribution is 2.23. The van der Waals surface area contributed by atoms with Crippen molar-refractivity contribution in [1.29, 1.82) is 0 Å². The van der Waals surface area contributed by atoms with Gasteiger partial charge in [-0.2, -0.15) is 0 Å². The summed E-state index contributed by atoms with van der Waals surface area (Å²) in [6.07, 6.45) is 2.41. The van der Waals surface area contributed by atoms with Gasteiger partial charge in [0.1, 0.15) is 0 Å². The molecule has 0 saturated carbocycles. The quantitative estimate of drug-likeness (QED) is 0.651. The largest absolute Gasteiger partial charge is 0.320 e. The van der Waals surface area contributed by atoms with Gasteiger partial charge in [0.25, 0.3) is 0 Å². The van der Waals surface area contributed by atoms with E-state index in [0.717, 1.165) is 19.6 Å². The molecule has 74 valence electrons. The minimum Gasteiger partial charge on any atom is -0.320 e. The lowest BCUT2D eigenvalue weighted by molar-refractivity contribution is 0.0746. The summed E-state index contributed by atoms with van der Waals surface area (Å²) in [5.41, 5.74) is 0.347. The average Bonchev–Trinajstić information content (AvgIpc) is 2.17. The van der Waals surface area contributed by atoms with Crippen LogP contribution in [0.4, 0.5) is 0 Å². The van der Waals surface area contributed by atoms with Crippen molar-refractivity contribution in [2.24, 2.45) is 0 Å². The SMILES string of the molecule is [B]C1CN(C(C)(CC)CC)CCN1. The average molecular weight is 180 g/mol. The topological polar surface area (TPSA) is 15.3 Å². The Hall–Kier alpha value is -0.0151. The van der Waals surface area contributed by atoms with Crippen molar-refractivity contribution in [3.05, 3.63) is 0 Å². The Morgan fingerprint density at radius 2 is 2.08 bits per heavy atom. The van der Waals surface area contributed by atoms with E-state index < -0.39 is 0 Å². The maximum atomic E-state index is 5.88. The maximum absolute atomic E-state index is 5.88. The fourth-order valence-electron chi connectivity index (χ4n) is 1.97. The fourth-order valence-corrected chi connectivity index (χ4v) is 1.97. The molecule has 0 aromatic heterocycles. The molecular weight excluding hydrogens is 159 g/mol. The van der Waals surface area contributed by atoms with Gasteiger partial charge >= 0.3 is 0 Å². The molecule has 1 saturated heterocycles. The Kier molecular flexibility index (Phi) is 3.80. The molecule has 1 fully saturated rings. The molecule has 0 aromatic rings. The molecule has 1 unspecified atom stereocenters. The summed E-state index contributed by atoms with van der Waals surface area (Å²) in [4.78, 5) is 2.52. The minimum atomic E-state index is 0.158. The lowest BCUT2D eigenvalue weighted by Gasteiger charge is -2.45. The molecule has 0 aromatic carbocycles. The predicted molar refractivity (Wildman–Crippen MR) is 58.1 cm³/mol. The smallest absolute Gasteiger partial charge is 0.0924 e. The molecule has 0 spiro atoms.